The summed E-state index contributed by atoms with van der Waals surface area (Å²) >= 11 is 0. The van der Waals surface area contributed by atoms with Gasteiger partial charge in [-0.25, -0.2) is 4.98 Å². The zero-order chi connectivity index (χ0) is 13.9. The highest BCUT2D eigenvalue weighted by atomic mass is 16.6. The van der Waals surface area contributed by atoms with Crippen LogP contribution in [0.4, 0.5) is 17.5 Å². The molecule has 1 aromatic heterocycles. The van der Waals surface area contributed by atoms with Crippen molar-refractivity contribution in [3.05, 3.63) is 15.8 Å². The zero-order valence-corrected chi connectivity index (χ0v) is 11.4. The molecule has 0 saturated heterocycles. The number of hydrogen-bond donors (Lipinski definition) is 1. The molecule has 100 valence electrons. The van der Waals surface area contributed by atoms with Gasteiger partial charge in [-0.05, 0) is 20.3 Å². The number of anilines is 2. The van der Waals surface area contributed by atoms with E-state index in [1.165, 1.54) is 0 Å². The summed E-state index contributed by atoms with van der Waals surface area (Å²) in [5.74, 6) is 0.745. The minimum Gasteiger partial charge on any atom is -0.362 e. The van der Waals surface area contributed by atoms with E-state index in [2.05, 4.69) is 15.3 Å². The number of aryl methyl sites for hydroxylation is 1. The third-order valence-corrected chi connectivity index (χ3v) is 2.62. The quantitative estimate of drug-likeness (QED) is 0.638. The van der Waals surface area contributed by atoms with Gasteiger partial charge < -0.3 is 10.2 Å². The van der Waals surface area contributed by atoms with Gasteiger partial charge in [-0.15, -0.1) is 0 Å². The first-order valence-corrected chi connectivity index (χ1v) is 5.83. The van der Waals surface area contributed by atoms with Crippen molar-refractivity contribution in [1.29, 1.82) is 0 Å². The van der Waals surface area contributed by atoms with Crippen LogP contribution in [-0.2, 0) is 0 Å². The molecule has 0 amide bonds. The molecular formula is C11H19N5O2. The fourth-order valence-electron chi connectivity index (χ4n) is 1.41. The molecule has 0 fully saturated rings. The maximum absolute atomic E-state index is 11.1. The van der Waals surface area contributed by atoms with Gasteiger partial charge in [0, 0.05) is 20.1 Å². The van der Waals surface area contributed by atoms with Crippen LogP contribution in [-0.4, -0.2) is 35.0 Å². The highest BCUT2D eigenvalue weighted by molar-refractivity contribution is 5.61. The molecule has 0 radical (unpaired) electrons. The largest absolute Gasteiger partial charge is 0.362 e. The Hall–Kier alpha value is -1.92. The van der Waals surface area contributed by atoms with Crippen molar-refractivity contribution in [2.45, 2.75) is 33.2 Å². The summed E-state index contributed by atoms with van der Waals surface area (Å²) in [4.78, 5) is 20.7. The molecule has 0 aliphatic heterocycles. The molecule has 0 aromatic carbocycles. The lowest BCUT2D eigenvalue weighted by Crippen LogP contribution is -2.20. The van der Waals surface area contributed by atoms with Crippen LogP contribution in [0.2, 0.25) is 0 Å². The Morgan fingerprint density at radius 3 is 2.50 bits per heavy atom. The zero-order valence-electron chi connectivity index (χ0n) is 11.4. The molecule has 1 atom stereocenters. The Labute approximate surface area is 106 Å². The van der Waals surface area contributed by atoms with Crippen molar-refractivity contribution >= 4 is 17.5 Å². The molecule has 7 nitrogen and oxygen atoms in total. The second-order valence-electron chi connectivity index (χ2n) is 4.41. The van der Waals surface area contributed by atoms with Gasteiger partial charge in [0.25, 0.3) is 0 Å². The fourth-order valence-corrected chi connectivity index (χ4v) is 1.41. The maximum Gasteiger partial charge on any atom is 0.332 e. The van der Waals surface area contributed by atoms with Crippen LogP contribution in [0.3, 0.4) is 0 Å². The lowest BCUT2D eigenvalue weighted by molar-refractivity contribution is -0.385. The topological polar surface area (TPSA) is 84.2 Å². The first-order valence-electron chi connectivity index (χ1n) is 5.83. The van der Waals surface area contributed by atoms with E-state index >= 15 is 0 Å². The van der Waals surface area contributed by atoms with E-state index in [9.17, 15) is 10.1 Å². The van der Waals surface area contributed by atoms with Crippen LogP contribution < -0.4 is 10.2 Å². The van der Waals surface area contributed by atoms with E-state index < -0.39 is 4.92 Å². The molecule has 0 aliphatic carbocycles. The highest BCUT2D eigenvalue weighted by Gasteiger charge is 2.23. The van der Waals surface area contributed by atoms with Gasteiger partial charge >= 0.3 is 5.69 Å². The average molecular weight is 253 g/mol. The molecule has 1 N–H and O–H groups in total. The molecule has 1 heterocycles. The predicted octanol–water partition coefficient (Wildman–Crippen LogP) is 1.97. The molecule has 7 heteroatoms. The minimum atomic E-state index is -0.445. The lowest BCUT2D eigenvalue weighted by atomic mass is 10.2. The Balaban J connectivity index is 3.28. The predicted molar refractivity (Wildman–Crippen MR) is 71.1 cm³/mol. The summed E-state index contributed by atoms with van der Waals surface area (Å²) in [6.07, 6.45) is 0.859. The normalized spacial score (nSPS) is 12.1. The van der Waals surface area contributed by atoms with Crippen LogP contribution in [0, 0.1) is 17.0 Å². The van der Waals surface area contributed by atoms with Crippen LogP contribution >= 0.6 is 0 Å². The standard InChI is InChI=1S/C11H19N5O2/c1-6-7(2)12-10-9(16(17)18)8(3)13-11(14-10)15(4)5/h7H,6H2,1-5H3,(H,12,13,14). The summed E-state index contributed by atoms with van der Waals surface area (Å²) < 4.78 is 0. The van der Waals surface area contributed by atoms with Crippen molar-refractivity contribution in [2.75, 3.05) is 24.3 Å². The van der Waals surface area contributed by atoms with Gasteiger partial charge in [-0.1, -0.05) is 6.92 Å². The van der Waals surface area contributed by atoms with Crippen molar-refractivity contribution in [3.8, 4) is 0 Å². The molecule has 0 saturated carbocycles. The number of nitrogens with zero attached hydrogens (tertiary/aromatic N) is 4. The number of aromatic nitrogens is 2. The first-order chi connectivity index (χ1) is 8.36. The van der Waals surface area contributed by atoms with Gasteiger partial charge in [0.15, 0.2) is 0 Å². The van der Waals surface area contributed by atoms with E-state index in [4.69, 9.17) is 0 Å². The average Bonchev–Trinajstić information content (AvgIpc) is 2.27. The Kier molecular flexibility index (Phi) is 4.41. The maximum atomic E-state index is 11.1. The van der Waals surface area contributed by atoms with Gasteiger partial charge in [-0.2, -0.15) is 4.98 Å². The molecule has 0 aliphatic rings. The van der Waals surface area contributed by atoms with Crippen LogP contribution in [0.25, 0.3) is 0 Å². The fraction of sp³-hybridized carbons (Fsp3) is 0.636. The monoisotopic (exact) mass is 253 g/mol. The van der Waals surface area contributed by atoms with E-state index in [1.807, 2.05) is 13.8 Å². The van der Waals surface area contributed by atoms with Gasteiger partial charge in [0.2, 0.25) is 11.8 Å². The number of nitrogens with one attached hydrogen (secondary N) is 1. The summed E-state index contributed by atoms with van der Waals surface area (Å²) in [6.45, 7) is 5.58. The van der Waals surface area contributed by atoms with Crippen LogP contribution in [0.15, 0.2) is 0 Å². The third kappa shape index (κ3) is 3.06. The molecule has 0 bridgehead atoms. The van der Waals surface area contributed by atoms with Crippen molar-refractivity contribution in [1.82, 2.24) is 9.97 Å². The Morgan fingerprint density at radius 1 is 1.44 bits per heavy atom. The molecule has 1 rings (SSSR count). The van der Waals surface area contributed by atoms with Crippen molar-refractivity contribution in [3.63, 3.8) is 0 Å². The molecular weight excluding hydrogens is 234 g/mol. The molecule has 1 unspecified atom stereocenters. The smallest absolute Gasteiger partial charge is 0.332 e. The van der Waals surface area contributed by atoms with Gasteiger partial charge in [-0.3, -0.25) is 10.1 Å². The molecule has 18 heavy (non-hydrogen) atoms. The SMILES string of the molecule is CCC(C)Nc1nc(N(C)C)nc(C)c1[N+](=O)[O-]. The summed E-state index contributed by atoms with van der Waals surface area (Å²) in [7, 11) is 3.60. The van der Waals surface area contributed by atoms with Crippen LogP contribution in [0.1, 0.15) is 26.0 Å². The van der Waals surface area contributed by atoms with E-state index in [0.717, 1.165) is 6.42 Å². The first kappa shape index (κ1) is 14.1. The summed E-state index contributed by atoms with van der Waals surface area (Å²) in [6, 6.07) is 0.119. The minimum absolute atomic E-state index is 0.0547. The number of nitro groups is 1. The van der Waals surface area contributed by atoms with Crippen molar-refractivity contribution in [2.24, 2.45) is 0 Å². The van der Waals surface area contributed by atoms with E-state index in [-0.39, 0.29) is 17.5 Å². The van der Waals surface area contributed by atoms with Crippen LogP contribution in [0.5, 0.6) is 0 Å². The van der Waals surface area contributed by atoms with Crippen molar-refractivity contribution < 1.29 is 4.92 Å². The number of hydrogen-bond acceptors (Lipinski definition) is 6. The molecule has 0 spiro atoms. The highest BCUT2D eigenvalue weighted by Crippen LogP contribution is 2.27. The van der Waals surface area contributed by atoms with Gasteiger partial charge in [0.1, 0.15) is 5.69 Å². The summed E-state index contributed by atoms with van der Waals surface area (Å²) in [5.41, 5.74) is 0.311. The second-order valence-corrected chi connectivity index (χ2v) is 4.41. The lowest BCUT2D eigenvalue weighted by Gasteiger charge is -2.16. The number of rotatable bonds is 5. The van der Waals surface area contributed by atoms with Gasteiger partial charge in [0.05, 0.1) is 4.92 Å². The summed E-state index contributed by atoms with van der Waals surface area (Å²) in [5, 5.41) is 14.1. The third-order valence-electron chi connectivity index (χ3n) is 2.62. The molecule has 1 aromatic rings. The Morgan fingerprint density at radius 2 is 2.06 bits per heavy atom. The van der Waals surface area contributed by atoms with E-state index in [0.29, 0.717) is 11.6 Å². The van der Waals surface area contributed by atoms with E-state index in [1.54, 1.807) is 25.9 Å². The Bertz CT molecular complexity index is 447. The second kappa shape index (κ2) is 5.61.